The van der Waals surface area contributed by atoms with Crippen LogP contribution in [0.2, 0.25) is 0 Å². The number of imide groups is 1. The van der Waals surface area contributed by atoms with E-state index in [0.717, 1.165) is 25.7 Å². The summed E-state index contributed by atoms with van der Waals surface area (Å²) in [6, 6.07) is 4.92. The summed E-state index contributed by atoms with van der Waals surface area (Å²) in [6.45, 7) is 2.25. The fourth-order valence-electron chi connectivity index (χ4n) is 3.94. The Kier molecular flexibility index (Phi) is 7.05. The first-order chi connectivity index (χ1) is 13.9. The van der Waals surface area contributed by atoms with Gasteiger partial charge in [-0.2, -0.15) is 0 Å². The first kappa shape index (κ1) is 21.5. The number of fused-ring (bicyclic) bond motifs is 1. The monoisotopic (exact) mass is 464 g/mol. The van der Waals surface area contributed by atoms with E-state index in [-0.39, 0.29) is 48.1 Å². The third kappa shape index (κ3) is 4.86. The maximum atomic E-state index is 12.5. The van der Waals surface area contributed by atoms with E-state index in [4.69, 9.17) is 4.74 Å². The molecule has 1 aliphatic heterocycles. The molecule has 0 spiro atoms. The number of benzene rings is 1. The van der Waals surface area contributed by atoms with Crippen LogP contribution >= 0.6 is 15.9 Å². The third-order valence-electron chi connectivity index (χ3n) is 5.41. The average Bonchev–Trinajstić information content (AvgIpc) is 2.96. The molecule has 3 rings (SSSR count). The van der Waals surface area contributed by atoms with Crippen LogP contribution in [0.15, 0.2) is 22.7 Å². The van der Waals surface area contributed by atoms with Crippen molar-refractivity contribution in [1.82, 2.24) is 4.90 Å². The van der Waals surface area contributed by atoms with Crippen molar-refractivity contribution in [2.24, 2.45) is 11.8 Å². The standard InChI is InChI=1S/C21H25BrN2O5/c1-2-11-29-21(28)16-12-13(22)7-8-17(16)23-18(25)9-10-24-19(26)14-5-3-4-6-15(14)20(24)27/h7-8,12,14-15H,2-6,9-11H2,1H3,(H,23,25)/t14-,15+. The molecule has 7 nitrogen and oxygen atoms in total. The third-order valence-corrected chi connectivity index (χ3v) is 5.90. The minimum atomic E-state index is -0.516. The molecular weight excluding hydrogens is 440 g/mol. The van der Waals surface area contributed by atoms with Crippen LogP contribution in [0.25, 0.3) is 0 Å². The summed E-state index contributed by atoms with van der Waals surface area (Å²) in [6.07, 6.45) is 4.11. The fourth-order valence-corrected chi connectivity index (χ4v) is 4.31. The summed E-state index contributed by atoms with van der Waals surface area (Å²) in [5.74, 6) is -1.62. The number of carbonyl (C=O) groups is 4. The number of nitrogens with zero attached hydrogens (tertiary/aromatic N) is 1. The molecule has 0 aromatic heterocycles. The molecule has 2 atom stereocenters. The number of ether oxygens (including phenoxy) is 1. The van der Waals surface area contributed by atoms with Gasteiger partial charge in [0, 0.05) is 17.4 Å². The highest BCUT2D eigenvalue weighted by Crippen LogP contribution is 2.38. The van der Waals surface area contributed by atoms with Crippen LogP contribution in [0.4, 0.5) is 5.69 Å². The Labute approximate surface area is 178 Å². The van der Waals surface area contributed by atoms with Crippen molar-refractivity contribution < 1.29 is 23.9 Å². The van der Waals surface area contributed by atoms with E-state index < -0.39 is 5.97 Å². The zero-order valence-corrected chi connectivity index (χ0v) is 18.0. The van der Waals surface area contributed by atoms with Crippen LogP contribution in [-0.2, 0) is 19.1 Å². The molecule has 1 saturated carbocycles. The van der Waals surface area contributed by atoms with Gasteiger partial charge in [-0.3, -0.25) is 19.3 Å². The van der Waals surface area contributed by atoms with Crippen molar-refractivity contribution in [2.45, 2.75) is 45.4 Å². The molecule has 0 bridgehead atoms. The van der Waals surface area contributed by atoms with Crippen LogP contribution in [0.3, 0.4) is 0 Å². The molecule has 1 aliphatic carbocycles. The van der Waals surface area contributed by atoms with Crippen molar-refractivity contribution in [3.05, 3.63) is 28.2 Å². The number of halogens is 1. The average molecular weight is 465 g/mol. The highest BCUT2D eigenvalue weighted by atomic mass is 79.9. The van der Waals surface area contributed by atoms with Gasteiger partial charge in [0.15, 0.2) is 0 Å². The number of amides is 3. The van der Waals surface area contributed by atoms with E-state index in [0.29, 0.717) is 23.2 Å². The second-order valence-electron chi connectivity index (χ2n) is 7.45. The highest BCUT2D eigenvalue weighted by molar-refractivity contribution is 9.10. The van der Waals surface area contributed by atoms with Gasteiger partial charge in [0.25, 0.3) is 0 Å². The number of rotatable bonds is 7. The lowest BCUT2D eigenvalue weighted by Gasteiger charge is -2.19. The number of anilines is 1. The summed E-state index contributed by atoms with van der Waals surface area (Å²) < 4.78 is 5.86. The second-order valence-corrected chi connectivity index (χ2v) is 8.37. The Hall–Kier alpha value is -2.22. The van der Waals surface area contributed by atoms with Crippen LogP contribution < -0.4 is 5.32 Å². The molecular formula is C21H25BrN2O5. The molecule has 3 amide bonds. The lowest BCUT2D eigenvalue weighted by Crippen LogP contribution is -2.34. The van der Waals surface area contributed by atoms with Crippen molar-refractivity contribution in [2.75, 3.05) is 18.5 Å². The number of carbonyl (C=O) groups excluding carboxylic acids is 4. The molecule has 2 aliphatic rings. The van der Waals surface area contributed by atoms with E-state index in [1.165, 1.54) is 4.90 Å². The lowest BCUT2D eigenvalue weighted by molar-refractivity contribution is -0.140. The maximum absolute atomic E-state index is 12.5. The molecule has 156 valence electrons. The topological polar surface area (TPSA) is 92.8 Å². The zero-order chi connectivity index (χ0) is 21.0. The number of nitrogens with one attached hydrogen (secondary N) is 1. The summed E-state index contributed by atoms with van der Waals surface area (Å²) in [5, 5.41) is 2.70. The Morgan fingerprint density at radius 2 is 1.83 bits per heavy atom. The van der Waals surface area contributed by atoms with E-state index in [1.807, 2.05) is 6.92 Å². The molecule has 1 aromatic rings. The number of likely N-dealkylation sites (tertiary alicyclic amines) is 1. The maximum Gasteiger partial charge on any atom is 0.340 e. The Morgan fingerprint density at radius 1 is 1.17 bits per heavy atom. The molecule has 1 saturated heterocycles. The normalized spacial score (nSPS) is 21.1. The lowest BCUT2D eigenvalue weighted by atomic mass is 9.81. The second kappa shape index (κ2) is 9.52. The van der Waals surface area contributed by atoms with Gasteiger partial charge in [0.1, 0.15) is 0 Å². The van der Waals surface area contributed by atoms with Crippen LogP contribution in [0.1, 0.15) is 55.8 Å². The molecule has 0 unspecified atom stereocenters. The van der Waals surface area contributed by atoms with Crippen LogP contribution in [0.5, 0.6) is 0 Å². The fraction of sp³-hybridized carbons (Fsp3) is 0.524. The molecule has 1 N–H and O–H groups in total. The van der Waals surface area contributed by atoms with E-state index in [1.54, 1.807) is 18.2 Å². The highest BCUT2D eigenvalue weighted by Gasteiger charge is 2.47. The summed E-state index contributed by atoms with van der Waals surface area (Å²) in [7, 11) is 0. The quantitative estimate of drug-likeness (QED) is 0.492. The van der Waals surface area contributed by atoms with Crippen LogP contribution in [-0.4, -0.2) is 41.7 Å². The SMILES string of the molecule is CCCOC(=O)c1cc(Br)ccc1NC(=O)CCN1C(=O)[C@H]2CCCC[C@H]2C1=O. The molecule has 0 radical (unpaired) electrons. The van der Waals surface area contributed by atoms with Gasteiger partial charge in [0.2, 0.25) is 17.7 Å². The van der Waals surface area contributed by atoms with E-state index >= 15 is 0 Å². The van der Waals surface area contributed by atoms with Crippen molar-refractivity contribution in [3.8, 4) is 0 Å². The van der Waals surface area contributed by atoms with Gasteiger partial charge in [-0.25, -0.2) is 4.79 Å². The summed E-state index contributed by atoms with van der Waals surface area (Å²) in [5.41, 5.74) is 0.590. The van der Waals surface area contributed by atoms with Crippen LogP contribution in [0, 0.1) is 11.8 Å². The molecule has 2 fully saturated rings. The first-order valence-corrected chi connectivity index (χ1v) is 10.8. The van der Waals surface area contributed by atoms with Gasteiger partial charge in [-0.05, 0) is 37.5 Å². The predicted molar refractivity (Wildman–Crippen MR) is 110 cm³/mol. The van der Waals surface area contributed by atoms with Gasteiger partial charge in [0.05, 0.1) is 29.7 Å². The molecule has 29 heavy (non-hydrogen) atoms. The molecule has 1 aromatic carbocycles. The minimum Gasteiger partial charge on any atom is -0.462 e. The minimum absolute atomic E-state index is 0.0174. The van der Waals surface area contributed by atoms with Gasteiger partial charge in [-0.1, -0.05) is 35.7 Å². The van der Waals surface area contributed by atoms with E-state index in [2.05, 4.69) is 21.2 Å². The molecule has 8 heteroatoms. The summed E-state index contributed by atoms with van der Waals surface area (Å²) >= 11 is 3.32. The van der Waals surface area contributed by atoms with Crippen molar-refractivity contribution in [1.29, 1.82) is 0 Å². The Balaban J connectivity index is 1.62. The van der Waals surface area contributed by atoms with Crippen molar-refractivity contribution in [3.63, 3.8) is 0 Å². The van der Waals surface area contributed by atoms with Crippen molar-refractivity contribution >= 4 is 45.3 Å². The first-order valence-electron chi connectivity index (χ1n) is 10.0. The van der Waals surface area contributed by atoms with Gasteiger partial charge < -0.3 is 10.1 Å². The summed E-state index contributed by atoms with van der Waals surface area (Å²) in [4.78, 5) is 51.0. The number of esters is 1. The number of hydrogen-bond donors (Lipinski definition) is 1. The predicted octanol–water partition coefficient (Wildman–Crippen LogP) is 3.52. The number of hydrogen-bond acceptors (Lipinski definition) is 5. The Morgan fingerprint density at radius 3 is 2.45 bits per heavy atom. The van der Waals surface area contributed by atoms with E-state index in [9.17, 15) is 19.2 Å². The van der Waals surface area contributed by atoms with Gasteiger partial charge >= 0.3 is 5.97 Å². The largest absolute Gasteiger partial charge is 0.462 e. The molecule has 1 heterocycles. The van der Waals surface area contributed by atoms with Gasteiger partial charge in [-0.15, -0.1) is 0 Å². The zero-order valence-electron chi connectivity index (χ0n) is 16.4. The smallest absolute Gasteiger partial charge is 0.340 e. The Bertz CT molecular complexity index is 801.